The van der Waals surface area contributed by atoms with E-state index in [1.807, 2.05) is 0 Å². The molecule has 0 aromatic carbocycles. The summed E-state index contributed by atoms with van der Waals surface area (Å²) < 4.78 is 0. The Balaban J connectivity index is 2.65. The molecule has 0 radical (unpaired) electrons. The molecule has 0 spiro atoms. The maximum Gasteiger partial charge on any atom is 0.227 e. The number of Topliss-reactive ketones (excluding diaryl/α,β-unsaturated/α-hetero) is 1. The minimum absolute atomic E-state index is 0.145. The molecule has 4 heteroatoms. The summed E-state index contributed by atoms with van der Waals surface area (Å²) in [6, 6.07) is 5.02. The summed E-state index contributed by atoms with van der Waals surface area (Å²) in [4.78, 5) is 26.0. The SMILES string of the molecule is CNC(=O)CC(=O)c1ccccn1. The molecule has 0 fully saturated rings. The monoisotopic (exact) mass is 178 g/mol. The van der Waals surface area contributed by atoms with Gasteiger partial charge in [0.25, 0.3) is 0 Å². The maximum absolute atomic E-state index is 11.3. The van der Waals surface area contributed by atoms with Crippen molar-refractivity contribution in [2.75, 3.05) is 7.05 Å². The van der Waals surface area contributed by atoms with E-state index in [0.29, 0.717) is 5.69 Å². The number of rotatable bonds is 3. The van der Waals surface area contributed by atoms with Gasteiger partial charge in [-0.15, -0.1) is 0 Å². The average molecular weight is 178 g/mol. The van der Waals surface area contributed by atoms with Crippen molar-refractivity contribution in [2.24, 2.45) is 0 Å². The molecule has 0 saturated carbocycles. The number of hydrogen-bond donors (Lipinski definition) is 1. The van der Waals surface area contributed by atoms with Gasteiger partial charge in [0.05, 0.1) is 6.42 Å². The minimum atomic E-state index is -0.296. The summed E-state index contributed by atoms with van der Waals surface area (Å²) in [7, 11) is 1.49. The fourth-order valence-corrected chi connectivity index (χ4v) is 0.852. The number of carbonyl (C=O) groups is 2. The Morgan fingerprint density at radius 1 is 1.46 bits per heavy atom. The molecule has 0 aliphatic carbocycles. The first kappa shape index (κ1) is 9.38. The first-order chi connectivity index (χ1) is 6.24. The van der Waals surface area contributed by atoms with Crippen molar-refractivity contribution in [3.8, 4) is 0 Å². The zero-order valence-electron chi connectivity index (χ0n) is 7.28. The summed E-state index contributed by atoms with van der Waals surface area (Å²) in [5, 5.41) is 2.38. The summed E-state index contributed by atoms with van der Waals surface area (Å²) in [6.07, 6.45) is 1.38. The highest BCUT2D eigenvalue weighted by Crippen LogP contribution is 1.98. The lowest BCUT2D eigenvalue weighted by Crippen LogP contribution is -2.21. The molecule has 68 valence electrons. The number of nitrogens with zero attached hydrogens (tertiary/aromatic N) is 1. The fraction of sp³-hybridized carbons (Fsp3) is 0.222. The molecule has 0 saturated heterocycles. The first-order valence-corrected chi connectivity index (χ1v) is 3.89. The number of nitrogens with one attached hydrogen (secondary N) is 1. The summed E-state index contributed by atoms with van der Waals surface area (Å²) in [5.74, 6) is -0.560. The quantitative estimate of drug-likeness (QED) is 0.538. The van der Waals surface area contributed by atoms with Crippen molar-refractivity contribution in [3.63, 3.8) is 0 Å². The number of pyridine rings is 1. The molecule has 0 bridgehead atoms. The molecule has 1 amide bonds. The van der Waals surface area contributed by atoms with E-state index in [0.717, 1.165) is 0 Å². The van der Waals surface area contributed by atoms with Gasteiger partial charge in [0.1, 0.15) is 5.69 Å². The third kappa shape index (κ3) is 2.66. The molecular weight excluding hydrogens is 168 g/mol. The van der Waals surface area contributed by atoms with Gasteiger partial charge in [0.15, 0.2) is 5.78 Å². The molecule has 1 aromatic rings. The summed E-state index contributed by atoms with van der Waals surface area (Å²) >= 11 is 0. The van der Waals surface area contributed by atoms with Crippen LogP contribution in [0.2, 0.25) is 0 Å². The Hall–Kier alpha value is -1.71. The molecule has 1 aromatic heterocycles. The number of hydrogen-bond acceptors (Lipinski definition) is 3. The molecular formula is C9H10N2O2. The van der Waals surface area contributed by atoms with Crippen LogP contribution in [0.4, 0.5) is 0 Å². The first-order valence-electron chi connectivity index (χ1n) is 3.89. The lowest BCUT2D eigenvalue weighted by Gasteiger charge is -1.98. The van der Waals surface area contributed by atoms with Crippen molar-refractivity contribution in [1.82, 2.24) is 10.3 Å². The van der Waals surface area contributed by atoms with Crippen LogP contribution in [0, 0.1) is 0 Å². The van der Waals surface area contributed by atoms with Crippen LogP contribution in [-0.2, 0) is 4.79 Å². The molecule has 4 nitrogen and oxygen atoms in total. The third-order valence-corrected chi connectivity index (χ3v) is 1.55. The van der Waals surface area contributed by atoms with Gasteiger partial charge in [0, 0.05) is 13.2 Å². The highest BCUT2D eigenvalue weighted by molar-refractivity contribution is 6.06. The highest BCUT2D eigenvalue weighted by Gasteiger charge is 2.10. The third-order valence-electron chi connectivity index (χ3n) is 1.55. The van der Waals surface area contributed by atoms with E-state index in [-0.39, 0.29) is 18.1 Å². The predicted molar refractivity (Wildman–Crippen MR) is 47.3 cm³/mol. The Labute approximate surface area is 76.0 Å². The summed E-state index contributed by atoms with van der Waals surface area (Å²) in [6.45, 7) is 0. The maximum atomic E-state index is 11.3. The van der Waals surface area contributed by atoms with Crippen LogP contribution < -0.4 is 5.32 Å². The van der Waals surface area contributed by atoms with E-state index in [4.69, 9.17) is 0 Å². The zero-order chi connectivity index (χ0) is 9.68. The number of aromatic nitrogens is 1. The topological polar surface area (TPSA) is 59.1 Å². The zero-order valence-corrected chi connectivity index (χ0v) is 7.28. The standard InChI is InChI=1S/C9H10N2O2/c1-10-9(13)6-8(12)7-4-2-3-5-11-7/h2-5H,6H2,1H3,(H,10,13). The Kier molecular flexibility index (Phi) is 3.14. The molecule has 0 unspecified atom stereocenters. The molecule has 0 aliphatic heterocycles. The Morgan fingerprint density at radius 2 is 2.23 bits per heavy atom. The smallest absolute Gasteiger partial charge is 0.227 e. The molecule has 13 heavy (non-hydrogen) atoms. The minimum Gasteiger partial charge on any atom is -0.359 e. The van der Waals surface area contributed by atoms with Crippen molar-refractivity contribution < 1.29 is 9.59 Å². The predicted octanol–water partition coefficient (Wildman–Crippen LogP) is 0.400. The Bertz CT molecular complexity index is 309. The van der Waals surface area contributed by atoms with Gasteiger partial charge in [-0.05, 0) is 12.1 Å². The molecule has 1 N–H and O–H groups in total. The highest BCUT2D eigenvalue weighted by atomic mass is 16.2. The van der Waals surface area contributed by atoms with Crippen LogP contribution in [0.5, 0.6) is 0 Å². The van der Waals surface area contributed by atoms with Crippen molar-refractivity contribution in [1.29, 1.82) is 0 Å². The average Bonchev–Trinajstić information content (AvgIpc) is 2.19. The largest absolute Gasteiger partial charge is 0.359 e. The van der Waals surface area contributed by atoms with E-state index in [2.05, 4.69) is 10.3 Å². The summed E-state index contributed by atoms with van der Waals surface area (Å²) in [5.41, 5.74) is 0.325. The van der Waals surface area contributed by atoms with Crippen LogP contribution >= 0.6 is 0 Å². The number of carbonyl (C=O) groups excluding carboxylic acids is 2. The van der Waals surface area contributed by atoms with Gasteiger partial charge < -0.3 is 5.32 Å². The molecule has 0 aliphatic rings. The van der Waals surface area contributed by atoms with Gasteiger partial charge >= 0.3 is 0 Å². The van der Waals surface area contributed by atoms with Crippen molar-refractivity contribution in [3.05, 3.63) is 30.1 Å². The fourth-order valence-electron chi connectivity index (χ4n) is 0.852. The van der Waals surface area contributed by atoms with Crippen molar-refractivity contribution in [2.45, 2.75) is 6.42 Å². The van der Waals surface area contributed by atoms with Crippen LogP contribution in [0.25, 0.3) is 0 Å². The lowest BCUT2D eigenvalue weighted by molar-refractivity contribution is -0.119. The van der Waals surface area contributed by atoms with E-state index >= 15 is 0 Å². The molecule has 1 heterocycles. The normalized spacial score (nSPS) is 9.31. The van der Waals surface area contributed by atoms with Gasteiger partial charge in [0.2, 0.25) is 5.91 Å². The van der Waals surface area contributed by atoms with E-state index in [9.17, 15) is 9.59 Å². The van der Waals surface area contributed by atoms with Gasteiger partial charge in [-0.1, -0.05) is 6.07 Å². The molecule has 1 rings (SSSR count). The van der Waals surface area contributed by atoms with Gasteiger partial charge in [-0.2, -0.15) is 0 Å². The second-order valence-electron chi connectivity index (χ2n) is 2.49. The van der Waals surface area contributed by atoms with Gasteiger partial charge in [-0.3, -0.25) is 14.6 Å². The Morgan fingerprint density at radius 3 is 2.77 bits per heavy atom. The van der Waals surface area contributed by atoms with Crippen LogP contribution in [0.3, 0.4) is 0 Å². The van der Waals surface area contributed by atoms with E-state index in [1.54, 1.807) is 18.2 Å². The van der Waals surface area contributed by atoms with Gasteiger partial charge in [-0.25, -0.2) is 0 Å². The lowest BCUT2D eigenvalue weighted by atomic mass is 10.2. The van der Waals surface area contributed by atoms with Crippen molar-refractivity contribution >= 4 is 11.7 Å². The number of ketones is 1. The van der Waals surface area contributed by atoms with Crippen LogP contribution in [0.1, 0.15) is 16.9 Å². The second-order valence-corrected chi connectivity index (χ2v) is 2.49. The van der Waals surface area contributed by atoms with Crippen LogP contribution in [0.15, 0.2) is 24.4 Å². The number of amides is 1. The second kappa shape index (κ2) is 4.35. The van der Waals surface area contributed by atoms with E-state index < -0.39 is 0 Å². The molecule has 0 atom stereocenters. The van der Waals surface area contributed by atoms with Crippen LogP contribution in [-0.4, -0.2) is 23.7 Å². The van der Waals surface area contributed by atoms with E-state index in [1.165, 1.54) is 13.2 Å².